The van der Waals surface area contributed by atoms with Gasteiger partial charge in [-0.2, -0.15) is 9.97 Å². The Hall–Kier alpha value is -3.83. The van der Waals surface area contributed by atoms with Crippen LogP contribution in [0.5, 0.6) is 6.01 Å². The van der Waals surface area contributed by atoms with Gasteiger partial charge in [-0.15, -0.1) is 0 Å². The molecule has 0 aliphatic carbocycles. The molecule has 0 radical (unpaired) electrons. The lowest BCUT2D eigenvalue weighted by molar-refractivity contribution is 0.00706. The van der Waals surface area contributed by atoms with Crippen molar-refractivity contribution in [1.29, 1.82) is 0 Å². The number of fused-ring (bicyclic) bond motifs is 2. The first kappa shape index (κ1) is 23.3. The van der Waals surface area contributed by atoms with E-state index in [1.165, 1.54) is 0 Å². The number of aliphatic hydroxyl groups is 1. The average molecular weight is 532 g/mol. The maximum Gasteiger partial charge on any atom is 0.296 e. The zero-order valence-corrected chi connectivity index (χ0v) is 20.9. The molecule has 2 fully saturated rings. The van der Waals surface area contributed by atoms with E-state index in [-0.39, 0.29) is 24.9 Å². The molecule has 4 atom stereocenters. The molecule has 2 aromatic carbocycles. The molecule has 11 heteroatoms. The summed E-state index contributed by atoms with van der Waals surface area (Å²) in [4.78, 5) is 16.6. The number of aryl methyl sites for hydroxylation is 1. The van der Waals surface area contributed by atoms with E-state index in [4.69, 9.17) is 30.3 Å². The molecule has 0 bridgehead atoms. The quantitative estimate of drug-likeness (QED) is 0.342. The summed E-state index contributed by atoms with van der Waals surface area (Å²) in [6.07, 6.45) is -1.72. The number of H-pyrrole nitrogens is 1. The van der Waals surface area contributed by atoms with Gasteiger partial charge in [0.25, 0.3) is 6.01 Å². The third-order valence-corrected chi connectivity index (χ3v) is 7.10. The highest BCUT2D eigenvalue weighted by atomic mass is 35.5. The monoisotopic (exact) mass is 531 g/mol. The Kier molecular flexibility index (Phi) is 5.62. The van der Waals surface area contributed by atoms with Crippen LogP contribution in [0.4, 0.5) is 0 Å². The fourth-order valence-corrected chi connectivity index (χ4v) is 5.15. The Morgan fingerprint density at radius 3 is 2.29 bits per heavy atom. The molecule has 5 aromatic rings. The van der Waals surface area contributed by atoms with Crippen LogP contribution in [0.25, 0.3) is 44.9 Å². The lowest BCUT2D eigenvalue weighted by Crippen LogP contribution is -2.34. The summed E-state index contributed by atoms with van der Waals surface area (Å²) in [5.41, 5.74) is 5.63. The van der Waals surface area contributed by atoms with Gasteiger partial charge in [0.05, 0.1) is 29.4 Å². The van der Waals surface area contributed by atoms with Crippen molar-refractivity contribution in [2.75, 3.05) is 13.2 Å². The normalized spacial score (nSPS) is 22.7. The van der Waals surface area contributed by atoms with Crippen molar-refractivity contribution in [1.82, 2.24) is 25.1 Å². The van der Waals surface area contributed by atoms with E-state index in [1.54, 1.807) is 13.0 Å². The van der Waals surface area contributed by atoms with Crippen LogP contribution < -0.4 is 4.74 Å². The van der Waals surface area contributed by atoms with Crippen molar-refractivity contribution < 1.29 is 23.8 Å². The third-order valence-electron chi connectivity index (χ3n) is 6.81. The van der Waals surface area contributed by atoms with Crippen molar-refractivity contribution >= 4 is 22.8 Å². The highest BCUT2D eigenvalue weighted by Gasteiger charge is 2.48. The minimum absolute atomic E-state index is 0.236. The molecule has 7 rings (SSSR count). The van der Waals surface area contributed by atoms with Crippen LogP contribution in [-0.4, -0.2) is 67.8 Å². The summed E-state index contributed by atoms with van der Waals surface area (Å²) in [7, 11) is 0. The van der Waals surface area contributed by atoms with Gasteiger partial charge in [-0.3, -0.25) is 0 Å². The van der Waals surface area contributed by atoms with E-state index in [1.807, 2.05) is 48.5 Å². The third kappa shape index (κ3) is 4.11. The Morgan fingerprint density at radius 1 is 0.895 bits per heavy atom. The molecule has 10 nitrogen and oxygen atoms in total. The SMILES string of the molecule is Cc1nc(-c2ccc(-c3ccc(-c4nc5nc(O[C@@H]6COC7[C@H](O)CO[C@@H]76)[nH]c5cc4Cl)cc3)cc2)no1. The van der Waals surface area contributed by atoms with Crippen LogP contribution >= 0.6 is 11.6 Å². The molecule has 192 valence electrons. The maximum atomic E-state index is 9.94. The van der Waals surface area contributed by atoms with E-state index in [9.17, 15) is 5.11 Å². The second-order valence-corrected chi connectivity index (χ2v) is 9.75. The van der Waals surface area contributed by atoms with E-state index in [0.29, 0.717) is 46.2 Å². The van der Waals surface area contributed by atoms with E-state index < -0.39 is 6.10 Å². The van der Waals surface area contributed by atoms with Gasteiger partial charge in [-0.05, 0) is 17.2 Å². The predicted molar refractivity (Wildman–Crippen MR) is 138 cm³/mol. The Labute approximate surface area is 221 Å². The summed E-state index contributed by atoms with van der Waals surface area (Å²) in [6, 6.07) is 18.1. The van der Waals surface area contributed by atoms with Gasteiger partial charge in [-0.25, -0.2) is 4.98 Å². The first-order valence-electron chi connectivity index (χ1n) is 12.2. The largest absolute Gasteiger partial charge is 0.456 e. The fourth-order valence-electron chi connectivity index (χ4n) is 4.89. The number of benzene rings is 2. The predicted octanol–water partition coefficient (Wildman–Crippen LogP) is 4.21. The number of aromatic amines is 1. The van der Waals surface area contributed by atoms with E-state index in [2.05, 4.69) is 25.1 Å². The van der Waals surface area contributed by atoms with Crippen LogP contribution in [0.2, 0.25) is 5.02 Å². The number of rotatable bonds is 5. The molecular weight excluding hydrogens is 510 g/mol. The number of halogens is 1. The smallest absolute Gasteiger partial charge is 0.296 e. The molecule has 3 aromatic heterocycles. The standard InChI is InChI=1S/C27H22ClN5O5/c1-13-29-25(33-38-13)17-8-4-15(5-9-17)14-2-6-16(7-3-14)22-18(28)10-19-26(31-22)32-27(30-19)37-21-12-36-23-20(34)11-35-24(21)23/h2-10,20-21,23-24,34H,11-12H2,1H3,(H,30,31,32)/t20-,21-,23?,24-/m1/s1. The molecule has 38 heavy (non-hydrogen) atoms. The second kappa shape index (κ2) is 9.17. The zero-order valence-electron chi connectivity index (χ0n) is 20.2. The van der Waals surface area contributed by atoms with Crippen molar-refractivity contribution in [3.8, 4) is 39.8 Å². The first-order valence-corrected chi connectivity index (χ1v) is 12.6. The molecular formula is C27H22ClN5O5. The number of hydrogen-bond donors (Lipinski definition) is 2. The minimum Gasteiger partial charge on any atom is -0.456 e. The number of ether oxygens (including phenoxy) is 3. The molecule has 2 aliphatic heterocycles. The van der Waals surface area contributed by atoms with Gasteiger partial charge >= 0.3 is 0 Å². The number of hydrogen-bond acceptors (Lipinski definition) is 9. The first-order chi connectivity index (χ1) is 18.5. The summed E-state index contributed by atoms with van der Waals surface area (Å²) in [6.45, 7) is 2.32. The van der Waals surface area contributed by atoms with Crippen LogP contribution in [0.15, 0.2) is 59.1 Å². The van der Waals surface area contributed by atoms with Crippen LogP contribution in [0.1, 0.15) is 5.89 Å². The van der Waals surface area contributed by atoms with Crippen LogP contribution in [0.3, 0.4) is 0 Å². The number of imidazole rings is 1. The molecule has 5 heterocycles. The van der Waals surface area contributed by atoms with Crippen molar-refractivity contribution in [2.24, 2.45) is 0 Å². The maximum absolute atomic E-state index is 9.94. The van der Waals surface area contributed by atoms with Gasteiger partial charge in [0.2, 0.25) is 11.7 Å². The zero-order chi connectivity index (χ0) is 25.8. The number of nitrogens with one attached hydrogen (secondary N) is 1. The molecule has 2 N–H and O–H groups in total. The molecule has 2 aliphatic rings. The highest BCUT2D eigenvalue weighted by molar-refractivity contribution is 6.33. The van der Waals surface area contributed by atoms with Gasteiger partial charge in [0.15, 0.2) is 11.8 Å². The number of aliphatic hydroxyl groups excluding tert-OH is 1. The van der Waals surface area contributed by atoms with Gasteiger partial charge in [-0.1, -0.05) is 65.3 Å². The lowest BCUT2D eigenvalue weighted by atomic mass is 10.0. The van der Waals surface area contributed by atoms with Crippen molar-refractivity contribution in [3.05, 3.63) is 65.5 Å². The summed E-state index contributed by atoms with van der Waals surface area (Å²) >= 11 is 6.60. The summed E-state index contributed by atoms with van der Waals surface area (Å²) in [5.74, 6) is 1.10. The van der Waals surface area contributed by atoms with Crippen LogP contribution in [0, 0.1) is 6.92 Å². The van der Waals surface area contributed by atoms with Gasteiger partial charge in [0, 0.05) is 18.1 Å². The molecule has 2 saturated heterocycles. The highest BCUT2D eigenvalue weighted by Crippen LogP contribution is 2.33. The molecule has 0 saturated carbocycles. The number of pyridine rings is 1. The fraction of sp³-hybridized carbons (Fsp3) is 0.259. The van der Waals surface area contributed by atoms with E-state index in [0.717, 1.165) is 22.3 Å². The Balaban J connectivity index is 1.11. The van der Waals surface area contributed by atoms with Gasteiger partial charge in [0.1, 0.15) is 18.3 Å². The minimum atomic E-state index is -0.640. The van der Waals surface area contributed by atoms with E-state index >= 15 is 0 Å². The molecule has 0 amide bonds. The summed E-state index contributed by atoms with van der Waals surface area (Å²) in [5, 5.41) is 14.4. The van der Waals surface area contributed by atoms with Crippen molar-refractivity contribution in [3.63, 3.8) is 0 Å². The Bertz CT molecular complexity index is 1620. The Morgan fingerprint density at radius 2 is 1.58 bits per heavy atom. The van der Waals surface area contributed by atoms with Crippen molar-refractivity contribution in [2.45, 2.75) is 31.3 Å². The average Bonchev–Trinajstić information content (AvgIpc) is 3.71. The number of aromatic nitrogens is 5. The molecule has 0 spiro atoms. The van der Waals surface area contributed by atoms with Gasteiger partial charge < -0.3 is 28.8 Å². The van der Waals surface area contributed by atoms with Crippen LogP contribution in [-0.2, 0) is 9.47 Å². The molecule has 1 unspecified atom stereocenters. The lowest BCUT2D eigenvalue weighted by Gasteiger charge is -2.15. The summed E-state index contributed by atoms with van der Waals surface area (Å²) < 4.78 is 22.3. The second-order valence-electron chi connectivity index (χ2n) is 9.34. The topological polar surface area (TPSA) is 128 Å². The number of nitrogens with zero attached hydrogens (tertiary/aromatic N) is 4.